The molecule has 0 aliphatic carbocycles. The fraction of sp³-hybridized carbons (Fsp3) is 0.188. The zero-order valence-electron chi connectivity index (χ0n) is 10.5. The summed E-state index contributed by atoms with van der Waals surface area (Å²) < 4.78 is 0. The fourth-order valence-electron chi connectivity index (χ4n) is 1.89. The Kier molecular flexibility index (Phi) is 4.44. The summed E-state index contributed by atoms with van der Waals surface area (Å²) in [6.45, 7) is -0.259. The first kappa shape index (κ1) is 13.5. The van der Waals surface area contributed by atoms with Gasteiger partial charge in [-0.25, -0.2) is 0 Å². The Bertz CT molecular complexity index is 532. The zero-order chi connectivity index (χ0) is 13.7. The number of benzene rings is 2. The van der Waals surface area contributed by atoms with E-state index in [-0.39, 0.29) is 12.4 Å². The van der Waals surface area contributed by atoms with E-state index < -0.39 is 6.10 Å². The van der Waals surface area contributed by atoms with E-state index in [0.717, 1.165) is 5.56 Å². The van der Waals surface area contributed by atoms with Crippen LogP contribution in [-0.2, 0) is 6.42 Å². The molecule has 0 aromatic heterocycles. The Balaban J connectivity index is 2.12. The molecule has 2 aromatic carbocycles. The van der Waals surface area contributed by atoms with Crippen LogP contribution >= 0.6 is 0 Å². The molecule has 3 nitrogen and oxygen atoms in total. The predicted molar refractivity (Wildman–Crippen MR) is 73.1 cm³/mol. The van der Waals surface area contributed by atoms with E-state index in [2.05, 4.69) is 0 Å². The molecule has 0 radical (unpaired) electrons. The topological polar surface area (TPSA) is 57.5 Å². The largest absolute Gasteiger partial charge is 0.394 e. The second-order valence-corrected chi connectivity index (χ2v) is 4.43. The van der Waals surface area contributed by atoms with E-state index >= 15 is 0 Å². The Hall–Kier alpha value is -1.97. The van der Waals surface area contributed by atoms with Crippen LogP contribution in [0.3, 0.4) is 0 Å². The van der Waals surface area contributed by atoms with Crippen molar-refractivity contribution >= 4 is 5.78 Å². The van der Waals surface area contributed by atoms with Gasteiger partial charge in [0.15, 0.2) is 5.78 Å². The average Bonchev–Trinajstić information content (AvgIpc) is 2.48. The maximum Gasteiger partial charge on any atom is 0.193 e. The lowest BCUT2D eigenvalue weighted by Crippen LogP contribution is -2.15. The first-order valence-electron chi connectivity index (χ1n) is 6.18. The molecule has 0 spiro atoms. The van der Waals surface area contributed by atoms with Gasteiger partial charge in [-0.3, -0.25) is 4.79 Å². The van der Waals surface area contributed by atoms with E-state index in [9.17, 15) is 9.90 Å². The molecule has 0 amide bonds. The van der Waals surface area contributed by atoms with Crippen LogP contribution in [0, 0.1) is 0 Å². The van der Waals surface area contributed by atoms with E-state index in [1.54, 1.807) is 36.4 Å². The smallest absolute Gasteiger partial charge is 0.193 e. The molecule has 0 aliphatic heterocycles. The van der Waals surface area contributed by atoms with Crippen molar-refractivity contribution < 1.29 is 15.0 Å². The van der Waals surface area contributed by atoms with Gasteiger partial charge in [0.25, 0.3) is 0 Å². The van der Waals surface area contributed by atoms with Crippen molar-refractivity contribution in [2.75, 3.05) is 6.61 Å². The van der Waals surface area contributed by atoms with Crippen LogP contribution in [0.5, 0.6) is 0 Å². The molecule has 0 saturated carbocycles. The third-order valence-corrected chi connectivity index (χ3v) is 2.93. The number of hydrogen-bond donors (Lipinski definition) is 2. The molecule has 0 fully saturated rings. The highest BCUT2D eigenvalue weighted by molar-refractivity contribution is 6.08. The number of carbonyl (C=O) groups excluding carboxylic acids is 1. The quantitative estimate of drug-likeness (QED) is 0.802. The first-order valence-corrected chi connectivity index (χ1v) is 6.18. The van der Waals surface area contributed by atoms with Crippen LogP contribution in [0.15, 0.2) is 54.6 Å². The van der Waals surface area contributed by atoms with Gasteiger partial charge in [-0.2, -0.15) is 0 Å². The maximum absolute atomic E-state index is 12.1. The van der Waals surface area contributed by atoms with Crippen molar-refractivity contribution in [1.29, 1.82) is 0 Å². The lowest BCUT2D eigenvalue weighted by Gasteiger charge is -2.07. The molecular formula is C16H16O3. The summed E-state index contributed by atoms with van der Waals surface area (Å²) in [7, 11) is 0. The van der Waals surface area contributed by atoms with E-state index in [1.165, 1.54) is 0 Å². The number of aliphatic hydroxyl groups excluding tert-OH is 2. The van der Waals surface area contributed by atoms with Gasteiger partial charge < -0.3 is 10.2 Å². The minimum absolute atomic E-state index is 0.0187. The van der Waals surface area contributed by atoms with E-state index in [1.807, 2.05) is 18.2 Å². The summed E-state index contributed by atoms with van der Waals surface area (Å²) in [5, 5.41) is 18.1. The standard InChI is InChI=1S/C16H16O3/c17-11-15(18)10-12-6-8-14(9-7-12)16(19)13-4-2-1-3-5-13/h1-9,15,17-18H,10-11H2. The Labute approximate surface area is 112 Å². The lowest BCUT2D eigenvalue weighted by atomic mass is 10.0. The fourth-order valence-corrected chi connectivity index (χ4v) is 1.89. The normalized spacial score (nSPS) is 12.1. The number of hydrogen-bond acceptors (Lipinski definition) is 3. The molecule has 2 rings (SSSR count). The molecule has 2 N–H and O–H groups in total. The van der Waals surface area contributed by atoms with Gasteiger partial charge in [0, 0.05) is 17.5 Å². The third kappa shape index (κ3) is 3.50. The number of rotatable bonds is 5. The molecule has 3 heteroatoms. The first-order chi connectivity index (χ1) is 9.20. The van der Waals surface area contributed by atoms with E-state index in [0.29, 0.717) is 17.5 Å². The molecule has 0 aliphatic rings. The summed E-state index contributed by atoms with van der Waals surface area (Å²) in [5.74, 6) is -0.0187. The number of carbonyl (C=O) groups is 1. The highest BCUT2D eigenvalue weighted by Gasteiger charge is 2.09. The van der Waals surface area contributed by atoms with Gasteiger partial charge >= 0.3 is 0 Å². The minimum Gasteiger partial charge on any atom is -0.394 e. The summed E-state index contributed by atoms with van der Waals surface area (Å²) in [6.07, 6.45) is -0.369. The molecule has 2 aromatic rings. The number of ketones is 1. The van der Waals surface area contributed by atoms with Gasteiger partial charge in [0.05, 0.1) is 12.7 Å². The van der Waals surface area contributed by atoms with Crippen LogP contribution in [0.4, 0.5) is 0 Å². The lowest BCUT2D eigenvalue weighted by molar-refractivity contribution is 0.0955. The van der Waals surface area contributed by atoms with Crippen LogP contribution in [0.2, 0.25) is 0 Å². The third-order valence-electron chi connectivity index (χ3n) is 2.93. The van der Waals surface area contributed by atoms with Gasteiger partial charge in [-0.05, 0) is 5.56 Å². The van der Waals surface area contributed by atoms with Gasteiger partial charge in [-0.15, -0.1) is 0 Å². The zero-order valence-corrected chi connectivity index (χ0v) is 10.5. The van der Waals surface area contributed by atoms with Crippen molar-refractivity contribution in [3.8, 4) is 0 Å². The van der Waals surface area contributed by atoms with Crippen molar-refractivity contribution in [1.82, 2.24) is 0 Å². The molecular weight excluding hydrogens is 240 g/mol. The van der Waals surface area contributed by atoms with Crippen LogP contribution in [-0.4, -0.2) is 28.7 Å². The SMILES string of the molecule is O=C(c1ccccc1)c1ccc(CC(O)CO)cc1. The molecule has 0 heterocycles. The molecule has 19 heavy (non-hydrogen) atoms. The second-order valence-electron chi connectivity index (χ2n) is 4.43. The van der Waals surface area contributed by atoms with Crippen molar-refractivity contribution in [2.45, 2.75) is 12.5 Å². The van der Waals surface area contributed by atoms with E-state index in [4.69, 9.17) is 5.11 Å². The molecule has 0 saturated heterocycles. The van der Waals surface area contributed by atoms with Gasteiger partial charge in [0.1, 0.15) is 0 Å². The van der Waals surface area contributed by atoms with Gasteiger partial charge in [-0.1, -0.05) is 54.6 Å². The molecule has 1 unspecified atom stereocenters. The number of aliphatic hydroxyl groups is 2. The Morgan fingerprint density at radius 1 is 0.947 bits per heavy atom. The van der Waals surface area contributed by atoms with Crippen LogP contribution in [0.25, 0.3) is 0 Å². The highest BCUT2D eigenvalue weighted by Crippen LogP contribution is 2.12. The summed E-state index contributed by atoms with van der Waals surface area (Å²) >= 11 is 0. The van der Waals surface area contributed by atoms with Crippen molar-refractivity contribution in [3.05, 3.63) is 71.3 Å². The molecule has 1 atom stereocenters. The van der Waals surface area contributed by atoms with Crippen molar-refractivity contribution in [3.63, 3.8) is 0 Å². The Morgan fingerprint density at radius 2 is 1.53 bits per heavy atom. The Morgan fingerprint density at radius 3 is 2.11 bits per heavy atom. The summed E-state index contributed by atoms with van der Waals surface area (Å²) in [6, 6.07) is 16.2. The van der Waals surface area contributed by atoms with Gasteiger partial charge in [0.2, 0.25) is 0 Å². The molecule has 0 bridgehead atoms. The highest BCUT2D eigenvalue weighted by atomic mass is 16.3. The average molecular weight is 256 g/mol. The monoisotopic (exact) mass is 256 g/mol. The van der Waals surface area contributed by atoms with Crippen molar-refractivity contribution in [2.24, 2.45) is 0 Å². The molecule has 98 valence electrons. The van der Waals surface area contributed by atoms with Crippen LogP contribution in [0.1, 0.15) is 21.5 Å². The maximum atomic E-state index is 12.1. The second kappa shape index (κ2) is 6.27. The minimum atomic E-state index is -0.754. The van der Waals surface area contributed by atoms with Crippen LogP contribution < -0.4 is 0 Å². The summed E-state index contributed by atoms with van der Waals surface area (Å²) in [5.41, 5.74) is 2.17. The summed E-state index contributed by atoms with van der Waals surface area (Å²) in [4.78, 5) is 12.1. The predicted octanol–water partition coefficient (Wildman–Crippen LogP) is 1.81.